The predicted octanol–water partition coefficient (Wildman–Crippen LogP) is 0.862. The van der Waals surface area contributed by atoms with Gasteiger partial charge >= 0.3 is 0 Å². The molecule has 1 saturated carbocycles. The van der Waals surface area contributed by atoms with E-state index in [1.54, 1.807) is 6.07 Å². The molecule has 0 bridgehead atoms. The van der Waals surface area contributed by atoms with Crippen molar-refractivity contribution >= 4 is 5.91 Å². The third-order valence-corrected chi connectivity index (χ3v) is 5.27. The lowest BCUT2D eigenvalue weighted by atomic mass is 9.71. The van der Waals surface area contributed by atoms with Crippen LogP contribution in [0.1, 0.15) is 16.9 Å². The van der Waals surface area contributed by atoms with Crippen LogP contribution in [-0.2, 0) is 11.8 Å². The first-order valence-corrected chi connectivity index (χ1v) is 8.32. The van der Waals surface area contributed by atoms with E-state index in [9.17, 15) is 4.79 Å². The van der Waals surface area contributed by atoms with Crippen molar-refractivity contribution in [3.05, 3.63) is 30.1 Å². The number of likely N-dealkylation sites (N-methyl/N-ethyl adjacent to an activating group) is 1. The summed E-state index contributed by atoms with van der Waals surface area (Å²) in [6, 6.07) is 6.10. The molecular formula is C17H23N5O2. The van der Waals surface area contributed by atoms with E-state index < -0.39 is 0 Å². The number of ether oxygens (including phenoxy) is 1. The molecule has 2 fully saturated rings. The van der Waals surface area contributed by atoms with Crippen molar-refractivity contribution in [3.8, 4) is 11.4 Å². The van der Waals surface area contributed by atoms with E-state index in [2.05, 4.69) is 20.4 Å². The quantitative estimate of drug-likeness (QED) is 0.872. The van der Waals surface area contributed by atoms with Crippen LogP contribution in [0.15, 0.2) is 24.4 Å². The number of aromatic amines is 1. The highest BCUT2D eigenvalue weighted by atomic mass is 16.5. The number of rotatable bonds is 4. The van der Waals surface area contributed by atoms with Gasteiger partial charge in [-0.15, -0.1) is 0 Å². The number of H-pyrrole nitrogens is 1. The number of hydrogen-bond acceptors (Lipinski definition) is 4. The van der Waals surface area contributed by atoms with Gasteiger partial charge in [-0.3, -0.25) is 9.89 Å². The zero-order chi connectivity index (χ0) is 16.8. The van der Waals surface area contributed by atoms with Crippen molar-refractivity contribution in [2.45, 2.75) is 24.6 Å². The maximum Gasteiger partial charge on any atom is 0.269 e. The van der Waals surface area contributed by atoms with Crippen molar-refractivity contribution in [2.75, 3.05) is 20.7 Å². The van der Waals surface area contributed by atoms with Gasteiger partial charge in [0, 0.05) is 25.8 Å². The van der Waals surface area contributed by atoms with Crippen LogP contribution >= 0.6 is 0 Å². The minimum absolute atomic E-state index is 0.106. The molecule has 1 aliphatic carbocycles. The molecule has 2 aromatic rings. The van der Waals surface area contributed by atoms with Crippen LogP contribution in [0.3, 0.4) is 0 Å². The second kappa shape index (κ2) is 5.75. The van der Waals surface area contributed by atoms with Crippen LogP contribution in [-0.4, -0.2) is 64.5 Å². The molecule has 7 heteroatoms. The number of fused-ring (bicyclic) bond motifs is 1. The first-order chi connectivity index (χ1) is 11.6. The zero-order valence-electron chi connectivity index (χ0n) is 14.2. The number of nitrogens with one attached hydrogen (secondary N) is 2. The van der Waals surface area contributed by atoms with E-state index in [1.165, 1.54) is 0 Å². The van der Waals surface area contributed by atoms with E-state index in [0.717, 1.165) is 24.4 Å². The molecule has 0 radical (unpaired) electrons. The molecule has 0 aromatic carbocycles. The molecule has 1 amide bonds. The van der Waals surface area contributed by atoms with E-state index in [-0.39, 0.29) is 24.1 Å². The maximum absolute atomic E-state index is 12.6. The molecule has 128 valence electrons. The van der Waals surface area contributed by atoms with Gasteiger partial charge in [0.15, 0.2) is 0 Å². The number of aromatic nitrogens is 3. The molecule has 3 heterocycles. The zero-order valence-corrected chi connectivity index (χ0v) is 14.2. The molecule has 2 aromatic heterocycles. The molecule has 24 heavy (non-hydrogen) atoms. The highest BCUT2D eigenvalue weighted by Crippen LogP contribution is 2.41. The van der Waals surface area contributed by atoms with Crippen molar-refractivity contribution in [3.63, 3.8) is 0 Å². The Morgan fingerprint density at radius 3 is 3.04 bits per heavy atom. The van der Waals surface area contributed by atoms with Crippen LogP contribution in [0, 0.1) is 5.92 Å². The van der Waals surface area contributed by atoms with Gasteiger partial charge in [0.2, 0.25) is 0 Å². The number of aryl methyl sites for hydroxylation is 1. The third-order valence-electron chi connectivity index (χ3n) is 5.27. The Hall–Kier alpha value is -2.12. The third kappa shape index (κ3) is 2.35. The average molecular weight is 329 g/mol. The number of hydrogen-bond donors (Lipinski definition) is 2. The monoisotopic (exact) mass is 329 g/mol. The summed E-state index contributed by atoms with van der Waals surface area (Å²) in [6.45, 7) is 0.785. The smallest absolute Gasteiger partial charge is 0.269 e. The van der Waals surface area contributed by atoms with E-state index in [4.69, 9.17) is 4.74 Å². The van der Waals surface area contributed by atoms with E-state index in [0.29, 0.717) is 11.6 Å². The summed E-state index contributed by atoms with van der Waals surface area (Å²) in [5.41, 5.74) is 2.24. The molecular weight excluding hydrogens is 306 g/mol. The topological polar surface area (TPSA) is 75.2 Å². The first kappa shape index (κ1) is 15.4. The van der Waals surface area contributed by atoms with Crippen molar-refractivity contribution in [2.24, 2.45) is 13.0 Å². The largest absolute Gasteiger partial charge is 0.376 e. The molecule has 0 spiro atoms. The van der Waals surface area contributed by atoms with Gasteiger partial charge in [-0.1, -0.05) is 0 Å². The van der Waals surface area contributed by atoms with Crippen molar-refractivity contribution < 1.29 is 9.53 Å². The Balaban J connectivity index is 1.49. The van der Waals surface area contributed by atoms with E-state index >= 15 is 0 Å². The Labute approximate surface area is 141 Å². The first-order valence-electron chi connectivity index (χ1n) is 8.32. The van der Waals surface area contributed by atoms with Crippen molar-refractivity contribution in [1.29, 1.82) is 0 Å². The van der Waals surface area contributed by atoms with Crippen molar-refractivity contribution in [1.82, 2.24) is 25.0 Å². The second-order valence-electron chi connectivity index (χ2n) is 6.91. The average Bonchev–Trinajstić information content (AvgIpc) is 3.23. The number of nitrogens with zero attached hydrogens (tertiary/aromatic N) is 3. The Bertz CT molecular complexity index is 750. The Morgan fingerprint density at radius 1 is 1.50 bits per heavy atom. The lowest BCUT2D eigenvalue weighted by Crippen LogP contribution is -2.69. The lowest BCUT2D eigenvalue weighted by molar-refractivity contribution is -0.0664. The van der Waals surface area contributed by atoms with Gasteiger partial charge in [-0.05, 0) is 38.7 Å². The lowest BCUT2D eigenvalue weighted by Gasteiger charge is -2.50. The molecule has 0 unspecified atom stereocenters. The van der Waals surface area contributed by atoms with Gasteiger partial charge in [-0.2, -0.15) is 5.10 Å². The van der Waals surface area contributed by atoms with Gasteiger partial charge in [0.1, 0.15) is 11.4 Å². The van der Waals surface area contributed by atoms with Gasteiger partial charge in [-0.25, -0.2) is 0 Å². The SMILES string of the molecule is CN(C)[C@@H]1[C@@H](NC(=O)c2cc(-c3cccn3C)n[nH]2)[C@H]2CCO[C@H]21. The fraction of sp³-hybridized carbons (Fsp3) is 0.529. The molecule has 7 nitrogen and oxygen atoms in total. The summed E-state index contributed by atoms with van der Waals surface area (Å²) in [5, 5.41) is 10.3. The second-order valence-corrected chi connectivity index (χ2v) is 6.91. The Kier molecular flexibility index (Phi) is 3.69. The molecule has 4 atom stereocenters. The van der Waals surface area contributed by atoms with Gasteiger partial charge in [0.05, 0.1) is 23.9 Å². The minimum Gasteiger partial charge on any atom is -0.376 e. The van der Waals surface area contributed by atoms with E-state index in [1.807, 2.05) is 44.0 Å². The molecule has 1 aliphatic heterocycles. The van der Waals surface area contributed by atoms with Crippen LogP contribution < -0.4 is 5.32 Å². The van der Waals surface area contributed by atoms with Crippen LogP contribution in [0.2, 0.25) is 0 Å². The highest BCUT2D eigenvalue weighted by molar-refractivity contribution is 5.93. The summed E-state index contributed by atoms with van der Waals surface area (Å²) < 4.78 is 7.77. The van der Waals surface area contributed by atoms with Crippen LogP contribution in [0.4, 0.5) is 0 Å². The number of carbonyl (C=O) groups is 1. The summed E-state index contributed by atoms with van der Waals surface area (Å²) in [5.74, 6) is 0.307. The van der Waals surface area contributed by atoms with Crippen LogP contribution in [0.5, 0.6) is 0 Å². The molecule has 2 N–H and O–H groups in total. The highest BCUT2D eigenvalue weighted by Gasteiger charge is 2.55. The van der Waals surface area contributed by atoms with Crippen LogP contribution in [0.25, 0.3) is 11.4 Å². The normalized spacial score (nSPS) is 28.7. The summed E-state index contributed by atoms with van der Waals surface area (Å²) >= 11 is 0. The molecule has 2 aliphatic rings. The number of amides is 1. The fourth-order valence-electron chi connectivity index (χ4n) is 4.01. The summed E-state index contributed by atoms with van der Waals surface area (Å²) in [4.78, 5) is 14.8. The molecule has 1 saturated heterocycles. The Morgan fingerprint density at radius 2 is 2.33 bits per heavy atom. The number of carbonyl (C=O) groups excluding carboxylic acids is 1. The maximum atomic E-state index is 12.6. The van der Waals surface area contributed by atoms with Gasteiger partial charge in [0.25, 0.3) is 5.91 Å². The standard InChI is InChI=1S/C17H23N5O2/c1-21(2)15-14(10-6-8-24-16(10)15)18-17(23)12-9-11(19-20-12)13-5-4-7-22(13)3/h4-5,7,9-10,14-16H,6,8H2,1-3H3,(H,18,23)(H,19,20)/t10-,14+,15-,16-/m1/s1. The van der Waals surface area contributed by atoms with Gasteiger partial charge < -0.3 is 19.5 Å². The fourth-order valence-corrected chi connectivity index (χ4v) is 4.01. The predicted molar refractivity (Wildman–Crippen MR) is 89.6 cm³/mol. The summed E-state index contributed by atoms with van der Waals surface area (Å²) in [7, 11) is 6.02. The summed E-state index contributed by atoms with van der Waals surface area (Å²) in [6.07, 6.45) is 3.21. The minimum atomic E-state index is -0.106. The molecule has 4 rings (SSSR count).